The molecule has 16 nitrogen and oxygen atoms in total. The molecule has 0 amide bonds. The first kappa shape index (κ1) is 52.1. The molecule has 0 aliphatic rings. The molecule has 342 valence electrons. The van der Waals surface area contributed by atoms with E-state index in [1.807, 2.05) is 36.4 Å². The molecular formula is C46H64N2O14. The van der Waals surface area contributed by atoms with Gasteiger partial charge in [-0.25, -0.2) is 0 Å². The number of benzene rings is 1. The maximum atomic E-state index is 6.34. The summed E-state index contributed by atoms with van der Waals surface area (Å²) in [6.07, 6.45) is 6.79. The van der Waals surface area contributed by atoms with Gasteiger partial charge in [0.05, 0.1) is 156 Å². The van der Waals surface area contributed by atoms with Crippen molar-refractivity contribution in [3.63, 3.8) is 0 Å². The Morgan fingerprint density at radius 3 is 0.806 bits per heavy atom. The van der Waals surface area contributed by atoms with Gasteiger partial charge in [0.2, 0.25) is 0 Å². The zero-order valence-electron chi connectivity index (χ0n) is 36.4. The molecule has 0 saturated heterocycles. The fraction of sp³-hybridized carbons (Fsp3) is 0.565. The van der Waals surface area contributed by atoms with Gasteiger partial charge in [0.15, 0.2) is 11.5 Å². The van der Waals surface area contributed by atoms with Crippen LogP contribution in [0, 0.1) is 23.7 Å². The van der Waals surface area contributed by atoms with Crippen LogP contribution in [0.3, 0.4) is 0 Å². The van der Waals surface area contributed by atoms with Gasteiger partial charge in [-0.3, -0.25) is 9.97 Å². The van der Waals surface area contributed by atoms with Crippen molar-refractivity contribution in [1.82, 2.24) is 9.97 Å². The van der Waals surface area contributed by atoms with E-state index >= 15 is 0 Å². The number of hydrogen-bond donors (Lipinski definition) is 0. The van der Waals surface area contributed by atoms with Crippen LogP contribution in [-0.2, 0) is 56.8 Å². The molecule has 0 atom stereocenters. The molecule has 0 aliphatic carbocycles. The normalized spacial score (nSPS) is 10.9. The summed E-state index contributed by atoms with van der Waals surface area (Å²) in [5.41, 5.74) is 2.88. The number of aromatic nitrogens is 2. The average molecular weight is 869 g/mol. The zero-order valence-corrected chi connectivity index (χ0v) is 36.4. The first-order chi connectivity index (χ1) is 30.8. The Bertz CT molecular complexity index is 1510. The standard InChI is InChI=1S/C46H64N2O14/c1-49-17-19-51-21-23-53-25-27-55-29-31-57-33-35-59-37-39-61-45-43(5-3-41-9-13-47-14-10-41)7-8-44(6-4-42-11-15-48-16-12-42)46(45)62-40-38-60-36-34-58-32-30-56-28-26-54-24-22-52-20-18-50-2/h7-16H,17-40H2,1-2H3. The van der Waals surface area contributed by atoms with Crippen molar-refractivity contribution in [2.75, 3.05) is 173 Å². The maximum Gasteiger partial charge on any atom is 0.178 e. The summed E-state index contributed by atoms with van der Waals surface area (Å²) in [4.78, 5) is 8.18. The molecular weight excluding hydrogens is 805 g/mol. The first-order valence-corrected chi connectivity index (χ1v) is 20.8. The van der Waals surface area contributed by atoms with Crippen LogP contribution in [0.15, 0.2) is 61.2 Å². The van der Waals surface area contributed by atoms with Crippen LogP contribution in [-0.4, -0.2) is 183 Å². The largest absolute Gasteiger partial charge is 0.486 e. The van der Waals surface area contributed by atoms with Crippen LogP contribution in [0.2, 0.25) is 0 Å². The van der Waals surface area contributed by atoms with E-state index in [1.165, 1.54) is 0 Å². The molecule has 2 heterocycles. The Morgan fingerprint density at radius 2 is 0.548 bits per heavy atom. The second-order valence-corrected chi connectivity index (χ2v) is 12.6. The SMILES string of the molecule is COCCOCCOCCOCCOCCOCCOc1c(C#Cc2ccncc2)ccc(C#Cc2ccncc2)c1OCCOCCOCCOCCOCCOCCOC. The van der Waals surface area contributed by atoms with Gasteiger partial charge in [0.25, 0.3) is 0 Å². The Hall–Kier alpha value is -4.24. The molecule has 2 aromatic heterocycles. The molecule has 16 heteroatoms. The van der Waals surface area contributed by atoms with E-state index in [2.05, 4.69) is 33.6 Å². The molecule has 0 unspecified atom stereocenters. The van der Waals surface area contributed by atoms with Gasteiger partial charge in [-0.1, -0.05) is 23.7 Å². The van der Waals surface area contributed by atoms with Gasteiger partial charge in [-0.2, -0.15) is 0 Å². The summed E-state index contributed by atoms with van der Waals surface area (Å²) in [6, 6.07) is 11.1. The number of rotatable bonds is 38. The monoisotopic (exact) mass is 868 g/mol. The first-order valence-electron chi connectivity index (χ1n) is 20.8. The highest BCUT2D eigenvalue weighted by Gasteiger charge is 2.16. The molecule has 0 saturated carbocycles. The maximum absolute atomic E-state index is 6.34. The summed E-state index contributed by atoms with van der Waals surface area (Å²) in [6.45, 7) is 10.8. The third-order valence-electron chi connectivity index (χ3n) is 7.94. The highest BCUT2D eigenvalue weighted by molar-refractivity contribution is 5.63. The Morgan fingerprint density at radius 1 is 0.306 bits per heavy atom. The molecule has 0 radical (unpaired) electrons. The average Bonchev–Trinajstić information content (AvgIpc) is 3.30. The van der Waals surface area contributed by atoms with Gasteiger partial charge >= 0.3 is 0 Å². The van der Waals surface area contributed by atoms with Crippen LogP contribution in [0.1, 0.15) is 22.3 Å². The topological polar surface area (TPSA) is 155 Å². The van der Waals surface area contributed by atoms with Crippen LogP contribution in [0.5, 0.6) is 11.5 Å². The minimum Gasteiger partial charge on any atom is -0.486 e. The van der Waals surface area contributed by atoms with Crippen molar-refractivity contribution < 1.29 is 66.3 Å². The van der Waals surface area contributed by atoms with Gasteiger partial charge < -0.3 is 66.3 Å². The van der Waals surface area contributed by atoms with Crippen molar-refractivity contribution >= 4 is 0 Å². The van der Waals surface area contributed by atoms with E-state index < -0.39 is 0 Å². The van der Waals surface area contributed by atoms with Crippen molar-refractivity contribution in [2.24, 2.45) is 0 Å². The predicted molar refractivity (Wildman–Crippen MR) is 230 cm³/mol. The lowest BCUT2D eigenvalue weighted by Crippen LogP contribution is -2.16. The smallest absolute Gasteiger partial charge is 0.178 e. The fourth-order valence-corrected chi connectivity index (χ4v) is 4.85. The molecule has 62 heavy (non-hydrogen) atoms. The van der Waals surface area contributed by atoms with Gasteiger partial charge in [0, 0.05) is 50.1 Å². The zero-order chi connectivity index (χ0) is 43.6. The fourth-order valence-electron chi connectivity index (χ4n) is 4.85. The van der Waals surface area contributed by atoms with E-state index in [9.17, 15) is 0 Å². The van der Waals surface area contributed by atoms with E-state index in [-0.39, 0.29) is 13.2 Å². The third kappa shape index (κ3) is 27.0. The molecule has 0 aliphatic heterocycles. The quantitative estimate of drug-likeness (QED) is 0.0609. The van der Waals surface area contributed by atoms with Crippen LogP contribution >= 0.6 is 0 Å². The van der Waals surface area contributed by atoms with Gasteiger partial charge in [-0.05, 0) is 36.4 Å². The van der Waals surface area contributed by atoms with E-state index in [0.717, 1.165) is 11.1 Å². The van der Waals surface area contributed by atoms with E-state index in [4.69, 9.17) is 66.3 Å². The Balaban J connectivity index is 1.45. The highest BCUT2D eigenvalue weighted by atomic mass is 16.6. The minimum atomic E-state index is 0.233. The lowest BCUT2D eigenvalue weighted by atomic mass is 10.1. The molecule has 0 N–H and O–H groups in total. The van der Waals surface area contributed by atoms with Gasteiger partial charge in [0.1, 0.15) is 13.2 Å². The molecule has 3 aromatic rings. The molecule has 0 fully saturated rings. The molecule has 3 rings (SSSR count). The van der Waals surface area contributed by atoms with Crippen LogP contribution < -0.4 is 9.47 Å². The number of pyridine rings is 2. The van der Waals surface area contributed by atoms with Crippen molar-refractivity contribution in [1.29, 1.82) is 0 Å². The third-order valence-corrected chi connectivity index (χ3v) is 7.94. The predicted octanol–water partition coefficient (Wildman–Crippen LogP) is 3.49. The minimum absolute atomic E-state index is 0.233. The Labute approximate surface area is 367 Å². The second kappa shape index (κ2) is 38.4. The van der Waals surface area contributed by atoms with Crippen LogP contribution in [0.4, 0.5) is 0 Å². The number of nitrogens with zero attached hydrogens (tertiary/aromatic N) is 2. The number of methoxy groups -OCH3 is 2. The van der Waals surface area contributed by atoms with Crippen molar-refractivity contribution in [3.05, 3.63) is 83.4 Å². The number of hydrogen-bond acceptors (Lipinski definition) is 16. The summed E-state index contributed by atoms with van der Waals surface area (Å²) in [5.74, 6) is 13.8. The van der Waals surface area contributed by atoms with E-state index in [0.29, 0.717) is 168 Å². The summed E-state index contributed by atoms with van der Waals surface area (Å²) < 4.78 is 78.2. The molecule has 1 aromatic carbocycles. The molecule has 0 spiro atoms. The lowest BCUT2D eigenvalue weighted by molar-refractivity contribution is -0.0163. The second-order valence-electron chi connectivity index (χ2n) is 12.6. The summed E-state index contributed by atoms with van der Waals surface area (Å²) >= 11 is 0. The van der Waals surface area contributed by atoms with Crippen molar-refractivity contribution in [3.8, 4) is 35.2 Å². The van der Waals surface area contributed by atoms with Crippen LogP contribution in [0.25, 0.3) is 0 Å². The lowest BCUT2D eigenvalue weighted by Gasteiger charge is -2.17. The number of ether oxygens (including phenoxy) is 14. The summed E-state index contributed by atoms with van der Waals surface area (Å²) in [7, 11) is 3.28. The van der Waals surface area contributed by atoms with E-state index in [1.54, 1.807) is 39.0 Å². The Kier molecular flexibility index (Phi) is 32.3. The highest BCUT2D eigenvalue weighted by Crippen LogP contribution is 2.35. The summed E-state index contributed by atoms with van der Waals surface area (Å²) in [5, 5.41) is 0. The molecule has 0 bridgehead atoms. The van der Waals surface area contributed by atoms with Crippen molar-refractivity contribution in [2.45, 2.75) is 0 Å². The van der Waals surface area contributed by atoms with Gasteiger partial charge in [-0.15, -0.1) is 0 Å².